The van der Waals surface area contributed by atoms with Crippen LogP contribution in [0.15, 0.2) is 6.07 Å². The smallest absolute Gasteiger partial charge is 0.353 e. The molecule has 0 amide bonds. The molecule has 0 fully saturated rings. The predicted octanol–water partition coefficient (Wildman–Crippen LogP) is 2.62. The Labute approximate surface area is 85.6 Å². The minimum Gasteiger partial charge on any atom is -0.477 e. The number of aromatic carboxylic acids is 1. The summed E-state index contributed by atoms with van der Waals surface area (Å²) in [4.78, 5) is 13.2. The van der Waals surface area contributed by atoms with Crippen LogP contribution >= 0.6 is 11.3 Å². The van der Waals surface area contributed by atoms with Gasteiger partial charge in [-0.05, 0) is 32.4 Å². The van der Waals surface area contributed by atoms with Crippen molar-refractivity contribution in [1.82, 2.24) is 4.40 Å². The van der Waals surface area contributed by atoms with Gasteiger partial charge in [0.05, 0.1) is 0 Å². The summed E-state index contributed by atoms with van der Waals surface area (Å²) in [6.07, 6.45) is 0. The summed E-state index contributed by atoms with van der Waals surface area (Å²) >= 11 is 1.63. The molecule has 0 saturated carbocycles. The zero-order chi connectivity index (χ0) is 10.5. The van der Waals surface area contributed by atoms with Crippen molar-refractivity contribution < 1.29 is 9.90 Å². The van der Waals surface area contributed by atoms with E-state index in [2.05, 4.69) is 0 Å². The minimum atomic E-state index is -0.858. The van der Waals surface area contributed by atoms with E-state index in [1.165, 1.54) is 4.88 Å². The first-order chi connectivity index (χ1) is 6.52. The van der Waals surface area contributed by atoms with Gasteiger partial charge in [0.15, 0.2) is 0 Å². The summed E-state index contributed by atoms with van der Waals surface area (Å²) in [7, 11) is 0. The highest BCUT2D eigenvalue weighted by Gasteiger charge is 2.17. The Balaban J connectivity index is 2.91. The highest BCUT2D eigenvalue weighted by molar-refractivity contribution is 7.17. The quantitative estimate of drug-likeness (QED) is 0.784. The van der Waals surface area contributed by atoms with Crippen LogP contribution in [-0.4, -0.2) is 15.5 Å². The van der Waals surface area contributed by atoms with E-state index in [1.54, 1.807) is 11.3 Å². The van der Waals surface area contributed by atoms with Gasteiger partial charge in [0.1, 0.15) is 10.5 Å². The molecule has 14 heavy (non-hydrogen) atoms. The fourth-order valence-corrected chi connectivity index (χ4v) is 2.77. The van der Waals surface area contributed by atoms with Crippen LogP contribution in [0.1, 0.15) is 26.6 Å². The summed E-state index contributed by atoms with van der Waals surface area (Å²) in [6, 6.07) is 1.92. The molecule has 2 heterocycles. The van der Waals surface area contributed by atoms with Gasteiger partial charge in [0.25, 0.3) is 0 Å². The third kappa shape index (κ3) is 1.07. The normalized spacial score (nSPS) is 11.1. The molecule has 0 aliphatic rings. The molecule has 0 spiro atoms. The molecule has 2 aromatic heterocycles. The van der Waals surface area contributed by atoms with E-state index < -0.39 is 5.97 Å². The van der Waals surface area contributed by atoms with Gasteiger partial charge in [-0.25, -0.2) is 4.79 Å². The van der Waals surface area contributed by atoms with Gasteiger partial charge in [0.2, 0.25) is 0 Å². The standard InChI is InChI=1S/C10H11NO2S/c1-5-4-8-11(9(5)10(12)13)6(2)7(3)14-8/h4H,1-3H3,(H,12,13). The van der Waals surface area contributed by atoms with E-state index in [0.29, 0.717) is 5.69 Å². The number of carboxylic acids is 1. The van der Waals surface area contributed by atoms with E-state index in [-0.39, 0.29) is 0 Å². The van der Waals surface area contributed by atoms with Crippen molar-refractivity contribution in [1.29, 1.82) is 0 Å². The topological polar surface area (TPSA) is 41.7 Å². The highest BCUT2D eigenvalue weighted by atomic mass is 32.1. The first kappa shape index (κ1) is 9.27. The van der Waals surface area contributed by atoms with E-state index in [0.717, 1.165) is 16.1 Å². The van der Waals surface area contributed by atoms with Crippen LogP contribution in [0.2, 0.25) is 0 Å². The van der Waals surface area contributed by atoms with Gasteiger partial charge in [-0.15, -0.1) is 11.3 Å². The van der Waals surface area contributed by atoms with Gasteiger partial charge in [-0.3, -0.25) is 4.40 Å². The molecule has 0 radical (unpaired) electrons. The molecular weight excluding hydrogens is 198 g/mol. The van der Waals surface area contributed by atoms with Crippen LogP contribution in [-0.2, 0) is 0 Å². The zero-order valence-electron chi connectivity index (χ0n) is 8.29. The molecule has 74 valence electrons. The summed E-state index contributed by atoms with van der Waals surface area (Å²) in [5.74, 6) is -0.858. The number of aryl methyl sites for hydroxylation is 3. The van der Waals surface area contributed by atoms with Gasteiger partial charge >= 0.3 is 5.97 Å². The number of aromatic nitrogens is 1. The fraction of sp³-hybridized carbons (Fsp3) is 0.300. The summed E-state index contributed by atoms with van der Waals surface area (Å²) in [5, 5.41) is 9.07. The van der Waals surface area contributed by atoms with Crippen LogP contribution in [0, 0.1) is 20.8 Å². The molecule has 0 atom stereocenters. The first-order valence-electron chi connectivity index (χ1n) is 4.33. The number of rotatable bonds is 1. The predicted molar refractivity (Wildman–Crippen MR) is 56.4 cm³/mol. The van der Waals surface area contributed by atoms with Crippen LogP contribution in [0.5, 0.6) is 0 Å². The van der Waals surface area contributed by atoms with Crippen LogP contribution < -0.4 is 0 Å². The van der Waals surface area contributed by atoms with E-state index in [1.807, 2.05) is 31.2 Å². The average molecular weight is 209 g/mol. The van der Waals surface area contributed by atoms with Crippen molar-refractivity contribution in [3.05, 3.63) is 27.9 Å². The molecule has 0 aromatic carbocycles. The molecule has 0 aliphatic carbocycles. The Bertz CT molecular complexity index is 522. The maximum absolute atomic E-state index is 11.0. The maximum Gasteiger partial charge on any atom is 0.353 e. The van der Waals surface area contributed by atoms with Crippen LogP contribution in [0.4, 0.5) is 0 Å². The van der Waals surface area contributed by atoms with Crippen molar-refractivity contribution in [3.8, 4) is 0 Å². The van der Waals surface area contributed by atoms with Crippen molar-refractivity contribution in [3.63, 3.8) is 0 Å². The molecule has 1 N–H and O–H groups in total. The first-order valence-corrected chi connectivity index (χ1v) is 5.15. The highest BCUT2D eigenvalue weighted by Crippen LogP contribution is 2.27. The number of nitrogens with zero attached hydrogens (tertiary/aromatic N) is 1. The molecular formula is C10H11NO2S. The monoisotopic (exact) mass is 209 g/mol. The zero-order valence-corrected chi connectivity index (χ0v) is 9.10. The number of fused-ring (bicyclic) bond motifs is 1. The van der Waals surface area contributed by atoms with Gasteiger partial charge in [0, 0.05) is 10.6 Å². The summed E-state index contributed by atoms with van der Waals surface area (Å²) in [5.41, 5.74) is 2.24. The van der Waals surface area contributed by atoms with E-state index >= 15 is 0 Å². The largest absolute Gasteiger partial charge is 0.477 e. The van der Waals surface area contributed by atoms with Crippen molar-refractivity contribution >= 4 is 22.1 Å². The molecule has 0 aliphatic heterocycles. The second-order valence-electron chi connectivity index (χ2n) is 3.40. The second-order valence-corrected chi connectivity index (χ2v) is 4.63. The second kappa shape index (κ2) is 2.85. The summed E-state index contributed by atoms with van der Waals surface area (Å²) in [6.45, 7) is 5.79. The SMILES string of the molecule is Cc1cc2sc(C)c(C)n2c1C(=O)O. The van der Waals surface area contributed by atoms with Gasteiger partial charge < -0.3 is 5.11 Å². The molecule has 3 nitrogen and oxygen atoms in total. The Kier molecular flexibility index (Phi) is 1.89. The third-order valence-electron chi connectivity index (χ3n) is 2.46. The molecule has 0 unspecified atom stereocenters. The third-order valence-corrected chi connectivity index (χ3v) is 3.57. The molecule has 2 rings (SSSR count). The van der Waals surface area contributed by atoms with Crippen LogP contribution in [0.25, 0.3) is 4.83 Å². The lowest BCUT2D eigenvalue weighted by molar-refractivity contribution is 0.0688. The molecule has 0 bridgehead atoms. The Morgan fingerprint density at radius 3 is 2.64 bits per heavy atom. The number of hydrogen-bond acceptors (Lipinski definition) is 2. The number of thiazole rings is 1. The molecule has 0 saturated heterocycles. The Morgan fingerprint density at radius 1 is 1.43 bits per heavy atom. The van der Waals surface area contributed by atoms with Gasteiger partial charge in [-0.1, -0.05) is 0 Å². The van der Waals surface area contributed by atoms with E-state index in [9.17, 15) is 4.79 Å². The minimum absolute atomic E-state index is 0.391. The van der Waals surface area contributed by atoms with Crippen molar-refractivity contribution in [2.24, 2.45) is 0 Å². The fourth-order valence-electron chi connectivity index (χ4n) is 1.67. The Hall–Kier alpha value is -1.29. The number of carboxylic acid groups (broad SMARTS) is 1. The Morgan fingerprint density at radius 2 is 2.07 bits per heavy atom. The molecule has 2 aromatic rings. The maximum atomic E-state index is 11.0. The average Bonchev–Trinajstić information content (AvgIpc) is 2.51. The van der Waals surface area contributed by atoms with Crippen molar-refractivity contribution in [2.75, 3.05) is 0 Å². The number of hydrogen-bond donors (Lipinski definition) is 1. The van der Waals surface area contributed by atoms with Crippen molar-refractivity contribution in [2.45, 2.75) is 20.8 Å². The lowest BCUT2D eigenvalue weighted by atomic mass is 10.3. The van der Waals surface area contributed by atoms with Gasteiger partial charge in [-0.2, -0.15) is 0 Å². The lowest BCUT2D eigenvalue weighted by Gasteiger charge is -1.98. The lowest BCUT2D eigenvalue weighted by Crippen LogP contribution is -2.04. The van der Waals surface area contributed by atoms with Crippen LogP contribution in [0.3, 0.4) is 0 Å². The molecule has 4 heteroatoms. The number of carbonyl (C=O) groups is 1. The summed E-state index contributed by atoms with van der Waals surface area (Å²) < 4.78 is 1.82. The van der Waals surface area contributed by atoms with E-state index in [4.69, 9.17) is 5.11 Å².